The second kappa shape index (κ2) is 5.61. The maximum atomic E-state index is 12.8. The first-order valence-corrected chi connectivity index (χ1v) is 7.60. The van der Waals surface area contributed by atoms with Gasteiger partial charge in [0.05, 0.1) is 5.56 Å². The van der Waals surface area contributed by atoms with E-state index < -0.39 is 11.7 Å². The van der Waals surface area contributed by atoms with Gasteiger partial charge in [0, 0.05) is 31.7 Å². The molecule has 1 saturated heterocycles. The third-order valence-corrected chi connectivity index (χ3v) is 4.68. The van der Waals surface area contributed by atoms with Crippen LogP contribution in [0.25, 0.3) is 0 Å². The summed E-state index contributed by atoms with van der Waals surface area (Å²) < 4.78 is 38.3. The van der Waals surface area contributed by atoms with Crippen molar-refractivity contribution in [1.82, 2.24) is 10.2 Å². The molecule has 1 aliphatic heterocycles. The minimum absolute atomic E-state index is 0.208. The quantitative estimate of drug-likeness (QED) is 0.900. The number of rotatable bonds is 2. The van der Waals surface area contributed by atoms with Crippen molar-refractivity contribution in [2.75, 3.05) is 19.6 Å². The van der Waals surface area contributed by atoms with Crippen LogP contribution >= 0.6 is 0 Å². The van der Waals surface area contributed by atoms with Crippen molar-refractivity contribution in [2.45, 2.75) is 43.9 Å². The highest BCUT2D eigenvalue weighted by atomic mass is 19.4. The summed E-state index contributed by atoms with van der Waals surface area (Å²) in [5.41, 5.74) is 0.408. The second-order valence-corrected chi connectivity index (χ2v) is 6.32. The summed E-state index contributed by atoms with van der Waals surface area (Å²) in [5, 5.41) is 3.62. The van der Waals surface area contributed by atoms with E-state index in [1.807, 2.05) is 0 Å². The Morgan fingerprint density at radius 1 is 1.19 bits per heavy atom. The predicted octanol–water partition coefficient (Wildman–Crippen LogP) is 3.42. The second-order valence-electron chi connectivity index (χ2n) is 6.32. The molecule has 2 aliphatic rings. The van der Waals surface area contributed by atoms with E-state index >= 15 is 0 Å². The lowest BCUT2D eigenvalue weighted by atomic mass is 9.94. The first kappa shape index (κ1) is 14.9. The first-order valence-electron chi connectivity index (χ1n) is 7.60. The molecular weight excluding hydrogens is 277 g/mol. The van der Waals surface area contributed by atoms with E-state index in [1.54, 1.807) is 6.07 Å². The molecule has 0 bridgehead atoms. The van der Waals surface area contributed by atoms with Gasteiger partial charge in [0.25, 0.3) is 0 Å². The largest absolute Gasteiger partial charge is 0.416 e. The van der Waals surface area contributed by atoms with Crippen LogP contribution in [0.2, 0.25) is 0 Å². The highest BCUT2D eigenvalue weighted by molar-refractivity contribution is 5.25. The molecule has 3 rings (SSSR count). The maximum absolute atomic E-state index is 12.8. The zero-order valence-electron chi connectivity index (χ0n) is 12.0. The van der Waals surface area contributed by atoms with Gasteiger partial charge in [0.2, 0.25) is 0 Å². The molecule has 2 fully saturated rings. The summed E-state index contributed by atoms with van der Waals surface area (Å²) >= 11 is 0. The molecule has 1 spiro atoms. The summed E-state index contributed by atoms with van der Waals surface area (Å²) in [7, 11) is 0. The van der Waals surface area contributed by atoms with Gasteiger partial charge in [-0.25, -0.2) is 0 Å². The molecule has 2 nitrogen and oxygen atoms in total. The fraction of sp³-hybridized carbons (Fsp3) is 0.625. The summed E-state index contributed by atoms with van der Waals surface area (Å²) in [5.74, 6) is 0. The summed E-state index contributed by atoms with van der Waals surface area (Å²) in [6, 6.07) is 5.72. The van der Waals surface area contributed by atoms with Crippen molar-refractivity contribution >= 4 is 0 Å². The maximum Gasteiger partial charge on any atom is 0.416 e. The van der Waals surface area contributed by atoms with Gasteiger partial charge < -0.3 is 5.32 Å². The summed E-state index contributed by atoms with van der Waals surface area (Å²) in [6.07, 6.45) is 0.624. The monoisotopic (exact) mass is 298 g/mol. The van der Waals surface area contributed by atoms with Crippen molar-refractivity contribution in [3.8, 4) is 0 Å². The van der Waals surface area contributed by atoms with Gasteiger partial charge in [0.15, 0.2) is 0 Å². The lowest BCUT2D eigenvalue weighted by Gasteiger charge is -2.41. The van der Waals surface area contributed by atoms with E-state index in [1.165, 1.54) is 37.8 Å². The average molecular weight is 298 g/mol. The van der Waals surface area contributed by atoms with E-state index in [2.05, 4.69) is 10.2 Å². The minimum Gasteiger partial charge on any atom is -0.309 e. The first-order chi connectivity index (χ1) is 9.97. The van der Waals surface area contributed by atoms with Gasteiger partial charge >= 0.3 is 6.18 Å². The van der Waals surface area contributed by atoms with Crippen molar-refractivity contribution in [1.29, 1.82) is 0 Å². The van der Waals surface area contributed by atoms with Crippen LogP contribution in [0.5, 0.6) is 0 Å². The van der Waals surface area contributed by atoms with E-state index in [0.29, 0.717) is 6.54 Å². The third-order valence-electron chi connectivity index (χ3n) is 4.68. The predicted molar refractivity (Wildman–Crippen MR) is 75.9 cm³/mol. The van der Waals surface area contributed by atoms with E-state index in [9.17, 15) is 13.2 Å². The van der Waals surface area contributed by atoms with Crippen molar-refractivity contribution in [3.05, 3.63) is 35.4 Å². The van der Waals surface area contributed by atoms with Gasteiger partial charge in [0.1, 0.15) is 0 Å². The molecule has 1 saturated carbocycles. The molecule has 5 heteroatoms. The molecule has 0 unspecified atom stereocenters. The Kier molecular flexibility index (Phi) is 3.97. The van der Waals surface area contributed by atoms with Crippen LogP contribution in [0.1, 0.15) is 36.8 Å². The van der Waals surface area contributed by atoms with Crippen molar-refractivity contribution in [3.63, 3.8) is 0 Å². The topological polar surface area (TPSA) is 15.3 Å². The number of hydrogen-bond donors (Lipinski definition) is 1. The molecule has 1 aromatic rings. The lowest BCUT2D eigenvalue weighted by molar-refractivity contribution is -0.137. The highest BCUT2D eigenvalue weighted by Gasteiger charge is 2.37. The van der Waals surface area contributed by atoms with Crippen LogP contribution in [0.4, 0.5) is 13.2 Å². The van der Waals surface area contributed by atoms with Gasteiger partial charge in [-0.2, -0.15) is 13.2 Å². The van der Waals surface area contributed by atoms with E-state index in [4.69, 9.17) is 0 Å². The Morgan fingerprint density at radius 3 is 2.67 bits per heavy atom. The molecule has 1 heterocycles. The molecule has 0 radical (unpaired) electrons. The number of alkyl halides is 3. The zero-order chi connectivity index (χ0) is 14.9. The normalized spacial score (nSPS) is 22.8. The third kappa shape index (κ3) is 3.40. The molecule has 21 heavy (non-hydrogen) atoms. The van der Waals surface area contributed by atoms with Crippen LogP contribution < -0.4 is 5.32 Å². The molecule has 0 aromatic heterocycles. The highest BCUT2D eigenvalue weighted by Crippen LogP contribution is 2.33. The Labute approximate surface area is 123 Å². The SMILES string of the molecule is FC(F)(F)c1cccc(CN2CCNC3(CCCC3)C2)c1. The molecular formula is C16H21F3N2. The van der Waals surface area contributed by atoms with E-state index in [0.717, 1.165) is 31.3 Å². The molecule has 1 aromatic carbocycles. The zero-order valence-corrected chi connectivity index (χ0v) is 12.0. The molecule has 1 aliphatic carbocycles. The summed E-state index contributed by atoms with van der Waals surface area (Å²) in [6.45, 7) is 3.38. The van der Waals surface area contributed by atoms with Gasteiger partial charge in [-0.05, 0) is 24.5 Å². The molecule has 116 valence electrons. The fourth-order valence-electron chi connectivity index (χ4n) is 3.67. The minimum atomic E-state index is -4.26. The number of hydrogen-bond acceptors (Lipinski definition) is 2. The fourth-order valence-corrected chi connectivity index (χ4v) is 3.67. The number of nitrogens with one attached hydrogen (secondary N) is 1. The van der Waals surface area contributed by atoms with Crippen LogP contribution in [0.15, 0.2) is 24.3 Å². The lowest BCUT2D eigenvalue weighted by Crippen LogP contribution is -2.58. The molecule has 0 atom stereocenters. The average Bonchev–Trinajstić information content (AvgIpc) is 2.86. The van der Waals surface area contributed by atoms with Gasteiger partial charge in [-0.15, -0.1) is 0 Å². The summed E-state index contributed by atoms with van der Waals surface area (Å²) in [4.78, 5) is 2.29. The van der Waals surface area contributed by atoms with Crippen LogP contribution in [-0.2, 0) is 12.7 Å². The van der Waals surface area contributed by atoms with E-state index in [-0.39, 0.29) is 5.54 Å². The van der Waals surface area contributed by atoms with Crippen LogP contribution in [-0.4, -0.2) is 30.1 Å². The Balaban J connectivity index is 1.69. The van der Waals surface area contributed by atoms with Crippen molar-refractivity contribution < 1.29 is 13.2 Å². The van der Waals surface area contributed by atoms with Crippen LogP contribution in [0, 0.1) is 0 Å². The van der Waals surface area contributed by atoms with Crippen LogP contribution in [0.3, 0.4) is 0 Å². The smallest absolute Gasteiger partial charge is 0.309 e. The Hall–Kier alpha value is -1.07. The molecule has 0 amide bonds. The number of nitrogens with zero attached hydrogens (tertiary/aromatic N) is 1. The standard InChI is InChI=1S/C16H21F3N2/c17-16(18,19)14-5-3-4-13(10-14)11-21-9-8-20-15(12-21)6-1-2-7-15/h3-5,10,20H,1-2,6-9,11-12H2. The number of piperazine rings is 1. The van der Waals surface area contributed by atoms with Crippen molar-refractivity contribution in [2.24, 2.45) is 0 Å². The number of benzene rings is 1. The Morgan fingerprint density at radius 2 is 1.95 bits per heavy atom. The van der Waals surface area contributed by atoms with Gasteiger partial charge in [-0.3, -0.25) is 4.90 Å². The van der Waals surface area contributed by atoms with Gasteiger partial charge in [-0.1, -0.05) is 31.0 Å². The Bertz CT molecular complexity index is 493. The number of halogens is 3. The molecule has 1 N–H and O–H groups in total.